The van der Waals surface area contributed by atoms with Crippen LogP contribution in [-0.2, 0) is 4.79 Å². The van der Waals surface area contributed by atoms with Crippen molar-refractivity contribution in [3.8, 4) is 0 Å². The van der Waals surface area contributed by atoms with Crippen LogP contribution < -0.4 is 5.32 Å². The van der Waals surface area contributed by atoms with Gasteiger partial charge in [0.2, 0.25) is 5.91 Å². The van der Waals surface area contributed by atoms with Crippen molar-refractivity contribution in [1.82, 2.24) is 4.98 Å². The molecule has 5 heteroatoms. The lowest BCUT2D eigenvalue weighted by Crippen LogP contribution is -2.09. The summed E-state index contributed by atoms with van der Waals surface area (Å²) in [6.45, 7) is 5.00. The van der Waals surface area contributed by atoms with E-state index in [1.165, 1.54) is 6.92 Å². The highest BCUT2D eigenvalue weighted by Gasteiger charge is 2.12. The molecular formula is C9H10Cl2N2O. The standard InChI is InChI=1S/C9H10Cl2N2O/c1-4-7(12-6(3)14)5(2)9(11)13-8(4)10/h1-3H3,(H,12,13,14). The van der Waals surface area contributed by atoms with Gasteiger partial charge in [-0.05, 0) is 13.8 Å². The first kappa shape index (κ1) is 11.3. The predicted octanol–water partition coefficient (Wildman–Crippen LogP) is 2.96. The highest BCUT2D eigenvalue weighted by molar-refractivity contribution is 6.34. The molecule has 0 aromatic carbocycles. The molecule has 1 amide bonds. The Balaban J connectivity index is 3.31. The van der Waals surface area contributed by atoms with E-state index >= 15 is 0 Å². The Morgan fingerprint density at radius 3 is 2.00 bits per heavy atom. The van der Waals surface area contributed by atoms with E-state index in [0.717, 1.165) is 11.1 Å². The lowest BCUT2D eigenvalue weighted by molar-refractivity contribution is -0.114. The van der Waals surface area contributed by atoms with Gasteiger partial charge >= 0.3 is 0 Å². The molecule has 0 radical (unpaired) electrons. The maximum Gasteiger partial charge on any atom is 0.221 e. The second-order valence-electron chi connectivity index (χ2n) is 3.00. The Labute approximate surface area is 92.4 Å². The van der Waals surface area contributed by atoms with Gasteiger partial charge in [-0.25, -0.2) is 4.98 Å². The molecule has 3 nitrogen and oxygen atoms in total. The van der Waals surface area contributed by atoms with Crippen molar-refractivity contribution in [1.29, 1.82) is 0 Å². The summed E-state index contributed by atoms with van der Waals surface area (Å²) in [7, 11) is 0. The van der Waals surface area contributed by atoms with E-state index in [0.29, 0.717) is 16.0 Å². The average molecular weight is 233 g/mol. The molecule has 76 valence electrons. The predicted molar refractivity (Wildman–Crippen MR) is 58.0 cm³/mol. The summed E-state index contributed by atoms with van der Waals surface area (Å²) in [4.78, 5) is 14.8. The fourth-order valence-electron chi connectivity index (χ4n) is 1.10. The summed E-state index contributed by atoms with van der Waals surface area (Å²) < 4.78 is 0. The van der Waals surface area contributed by atoms with Crippen LogP contribution >= 0.6 is 23.2 Å². The Hall–Kier alpha value is -0.800. The van der Waals surface area contributed by atoms with Crippen LogP contribution in [0.4, 0.5) is 5.69 Å². The van der Waals surface area contributed by atoms with Gasteiger partial charge in [0.1, 0.15) is 10.3 Å². The first-order chi connectivity index (χ1) is 6.43. The van der Waals surface area contributed by atoms with E-state index in [1.807, 2.05) is 0 Å². The number of hydrogen-bond acceptors (Lipinski definition) is 2. The van der Waals surface area contributed by atoms with E-state index in [4.69, 9.17) is 23.2 Å². The summed E-state index contributed by atoms with van der Waals surface area (Å²) in [6.07, 6.45) is 0. The first-order valence-electron chi connectivity index (χ1n) is 4.03. The highest BCUT2D eigenvalue weighted by atomic mass is 35.5. The minimum atomic E-state index is -0.158. The summed E-state index contributed by atoms with van der Waals surface area (Å²) in [5.41, 5.74) is 2.09. The van der Waals surface area contributed by atoms with Crippen LogP contribution in [0.3, 0.4) is 0 Å². The molecule has 1 aromatic rings. The van der Waals surface area contributed by atoms with Gasteiger partial charge in [0.15, 0.2) is 0 Å². The minimum Gasteiger partial charge on any atom is -0.326 e. The monoisotopic (exact) mass is 232 g/mol. The van der Waals surface area contributed by atoms with Crippen molar-refractivity contribution in [2.45, 2.75) is 20.8 Å². The number of carbonyl (C=O) groups is 1. The van der Waals surface area contributed by atoms with Crippen LogP contribution in [0.15, 0.2) is 0 Å². The third kappa shape index (κ3) is 2.16. The van der Waals surface area contributed by atoms with Gasteiger partial charge in [-0.2, -0.15) is 0 Å². The maximum absolute atomic E-state index is 10.9. The lowest BCUT2D eigenvalue weighted by atomic mass is 10.2. The zero-order chi connectivity index (χ0) is 10.9. The topological polar surface area (TPSA) is 42.0 Å². The van der Waals surface area contributed by atoms with Crippen molar-refractivity contribution in [2.24, 2.45) is 0 Å². The van der Waals surface area contributed by atoms with E-state index in [-0.39, 0.29) is 5.91 Å². The van der Waals surface area contributed by atoms with Crippen molar-refractivity contribution in [2.75, 3.05) is 5.32 Å². The van der Waals surface area contributed by atoms with Crippen LogP contribution in [0.25, 0.3) is 0 Å². The van der Waals surface area contributed by atoms with Crippen molar-refractivity contribution < 1.29 is 4.79 Å². The molecule has 1 aromatic heterocycles. The number of halogens is 2. The van der Waals surface area contributed by atoms with Crippen LogP contribution in [0.1, 0.15) is 18.1 Å². The Morgan fingerprint density at radius 1 is 1.21 bits per heavy atom. The molecule has 0 atom stereocenters. The lowest BCUT2D eigenvalue weighted by Gasteiger charge is -2.11. The van der Waals surface area contributed by atoms with Crippen molar-refractivity contribution >= 4 is 34.8 Å². The molecule has 0 fully saturated rings. The molecule has 0 spiro atoms. The molecular weight excluding hydrogens is 223 g/mol. The molecule has 0 unspecified atom stereocenters. The number of pyridine rings is 1. The van der Waals surface area contributed by atoms with Gasteiger partial charge in [-0.3, -0.25) is 4.79 Å². The Bertz CT molecular complexity index is 365. The summed E-state index contributed by atoms with van der Waals surface area (Å²) >= 11 is 11.7. The van der Waals surface area contributed by atoms with Gasteiger partial charge in [-0.1, -0.05) is 23.2 Å². The number of hydrogen-bond donors (Lipinski definition) is 1. The molecule has 0 saturated carbocycles. The van der Waals surface area contributed by atoms with Gasteiger partial charge in [0.05, 0.1) is 5.69 Å². The van der Waals surface area contributed by atoms with Gasteiger partial charge in [0.25, 0.3) is 0 Å². The molecule has 14 heavy (non-hydrogen) atoms. The average Bonchev–Trinajstić information content (AvgIpc) is 2.09. The molecule has 0 aliphatic heterocycles. The minimum absolute atomic E-state index is 0.158. The number of anilines is 1. The summed E-state index contributed by atoms with van der Waals surface area (Å²) in [5.74, 6) is -0.158. The smallest absolute Gasteiger partial charge is 0.221 e. The molecule has 0 saturated heterocycles. The van der Waals surface area contributed by atoms with Crippen LogP contribution in [0.5, 0.6) is 0 Å². The van der Waals surface area contributed by atoms with Crippen LogP contribution in [0, 0.1) is 13.8 Å². The van der Waals surface area contributed by atoms with Gasteiger partial charge in [0, 0.05) is 18.1 Å². The largest absolute Gasteiger partial charge is 0.326 e. The number of carbonyl (C=O) groups excluding carboxylic acids is 1. The zero-order valence-corrected chi connectivity index (χ0v) is 9.62. The number of rotatable bonds is 1. The fraction of sp³-hybridized carbons (Fsp3) is 0.333. The molecule has 1 heterocycles. The maximum atomic E-state index is 10.9. The zero-order valence-electron chi connectivity index (χ0n) is 8.11. The summed E-state index contributed by atoms with van der Waals surface area (Å²) in [5, 5.41) is 3.29. The van der Waals surface area contributed by atoms with E-state index < -0.39 is 0 Å². The van der Waals surface area contributed by atoms with Gasteiger partial charge < -0.3 is 5.32 Å². The number of nitrogens with one attached hydrogen (secondary N) is 1. The molecule has 0 aliphatic rings. The van der Waals surface area contributed by atoms with Crippen molar-refractivity contribution in [3.05, 3.63) is 21.4 Å². The van der Waals surface area contributed by atoms with E-state index in [9.17, 15) is 4.79 Å². The van der Waals surface area contributed by atoms with E-state index in [1.54, 1.807) is 13.8 Å². The Morgan fingerprint density at radius 2 is 1.64 bits per heavy atom. The Kier molecular flexibility index (Phi) is 3.34. The quantitative estimate of drug-likeness (QED) is 0.757. The molecule has 1 rings (SSSR count). The van der Waals surface area contributed by atoms with E-state index in [2.05, 4.69) is 10.3 Å². The van der Waals surface area contributed by atoms with Crippen molar-refractivity contribution in [3.63, 3.8) is 0 Å². The first-order valence-corrected chi connectivity index (χ1v) is 4.79. The van der Waals surface area contributed by atoms with Crippen LogP contribution in [0.2, 0.25) is 10.3 Å². The van der Waals surface area contributed by atoms with Gasteiger partial charge in [-0.15, -0.1) is 0 Å². The molecule has 1 N–H and O–H groups in total. The second-order valence-corrected chi connectivity index (χ2v) is 3.72. The molecule has 0 aliphatic carbocycles. The molecule has 0 bridgehead atoms. The third-order valence-corrected chi connectivity index (χ3v) is 2.60. The number of aromatic nitrogens is 1. The third-order valence-electron chi connectivity index (χ3n) is 1.87. The second kappa shape index (κ2) is 4.15. The van der Waals surface area contributed by atoms with Crippen LogP contribution in [-0.4, -0.2) is 10.9 Å². The number of amides is 1. The number of nitrogens with zero attached hydrogens (tertiary/aromatic N) is 1. The SMILES string of the molecule is CC(=O)Nc1c(C)c(Cl)nc(Cl)c1C. The highest BCUT2D eigenvalue weighted by Crippen LogP contribution is 2.29. The summed E-state index contributed by atoms with van der Waals surface area (Å²) in [6, 6.07) is 0. The normalized spacial score (nSPS) is 10.1. The fourth-order valence-corrected chi connectivity index (χ4v) is 1.51.